The molecule has 0 spiro atoms. The van der Waals surface area contributed by atoms with E-state index in [0.717, 1.165) is 35.6 Å². The lowest BCUT2D eigenvalue weighted by molar-refractivity contribution is 0.213. The van der Waals surface area contributed by atoms with Crippen LogP contribution in [0.4, 0.5) is 5.69 Å². The van der Waals surface area contributed by atoms with Gasteiger partial charge in [-0.3, -0.25) is 4.90 Å². The summed E-state index contributed by atoms with van der Waals surface area (Å²) in [6.07, 6.45) is 3.63. The van der Waals surface area contributed by atoms with Gasteiger partial charge in [-0.05, 0) is 25.2 Å². The Morgan fingerprint density at radius 3 is 3.00 bits per heavy atom. The number of aromatic nitrogens is 2. The van der Waals surface area contributed by atoms with Gasteiger partial charge in [0.1, 0.15) is 11.9 Å². The number of anilines is 1. The van der Waals surface area contributed by atoms with E-state index in [4.69, 9.17) is 0 Å². The predicted octanol–water partition coefficient (Wildman–Crippen LogP) is 2.54. The van der Waals surface area contributed by atoms with Crippen molar-refractivity contribution in [3.8, 4) is 6.07 Å². The molecule has 6 heteroatoms. The number of aromatic amines is 1. The van der Waals surface area contributed by atoms with Gasteiger partial charge in [-0.15, -0.1) is 0 Å². The topological polar surface area (TPSA) is 58.9 Å². The molecular weight excluding hydrogens is 330 g/mol. The fourth-order valence-corrected chi connectivity index (χ4v) is 3.06. The summed E-state index contributed by atoms with van der Waals surface area (Å²) in [4.78, 5) is 12.1. The van der Waals surface area contributed by atoms with E-state index in [-0.39, 0.29) is 6.04 Å². The van der Waals surface area contributed by atoms with E-state index < -0.39 is 0 Å². The first kappa shape index (κ1) is 14.1. The normalized spacial score (nSPS) is 19.5. The van der Waals surface area contributed by atoms with Gasteiger partial charge in [-0.25, -0.2) is 4.98 Å². The number of imidazole rings is 1. The quantitative estimate of drug-likeness (QED) is 0.908. The number of benzene rings is 1. The molecule has 2 aromatic rings. The van der Waals surface area contributed by atoms with Crippen LogP contribution in [0.3, 0.4) is 0 Å². The number of H-pyrrole nitrogens is 1. The van der Waals surface area contributed by atoms with E-state index in [1.54, 1.807) is 6.20 Å². The third kappa shape index (κ3) is 2.80. The summed E-state index contributed by atoms with van der Waals surface area (Å²) in [6, 6.07) is 8.27. The number of nitrogens with one attached hydrogen (secondary N) is 1. The van der Waals surface area contributed by atoms with Gasteiger partial charge >= 0.3 is 0 Å². The van der Waals surface area contributed by atoms with Crippen LogP contribution in [0.15, 0.2) is 35.1 Å². The maximum atomic E-state index is 9.32. The van der Waals surface area contributed by atoms with Gasteiger partial charge in [0, 0.05) is 36.5 Å². The highest BCUT2D eigenvalue weighted by atomic mass is 79.9. The first-order valence-corrected chi connectivity index (χ1v) is 7.62. The number of nitriles is 1. The second kappa shape index (κ2) is 5.88. The van der Waals surface area contributed by atoms with Gasteiger partial charge in [0.2, 0.25) is 0 Å². The molecule has 1 aliphatic heterocycles. The van der Waals surface area contributed by atoms with Crippen molar-refractivity contribution in [3.63, 3.8) is 0 Å². The molecule has 3 rings (SSSR count). The summed E-state index contributed by atoms with van der Waals surface area (Å²) in [5.74, 6) is 0.968. The second-order valence-corrected chi connectivity index (χ2v) is 6.11. The number of piperazine rings is 1. The lowest BCUT2D eigenvalue weighted by Gasteiger charge is -2.40. The molecule has 21 heavy (non-hydrogen) atoms. The van der Waals surface area contributed by atoms with Crippen LogP contribution in [0.2, 0.25) is 0 Å². The summed E-state index contributed by atoms with van der Waals surface area (Å²) >= 11 is 3.49. The van der Waals surface area contributed by atoms with E-state index >= 15 is 0 Å². The lowest BCUT2D eigenvalue weighted by Crippen LogP contribution is -2.47. The van der Waals surface area contributed by atoms with Crippen molar-refractivity contribution in [2.75, 3.05) is 31.6 Å². The summed E-state index contributed by atoms with van der Waals surface area (Å²) in [5.41, 5.74) is 1.69. The van der Waals surface area contributed by atoms with Gasteiger partial charge < -0.3 is 9.88 Å². The van der Waals surface area contributed by atoms with E-state index in [9.17, 15) is 5.26 Å². The van der Waals surface area contributed by atoms with Crippen LogP contribution >= 0.6 is 15.9 Å². The molecule has 1 atom stereocenters. The molecule has 1 N–H and O–H groups in total. The maximum absolute atomic E-state index is 9.32. The van der Waals surface area contributed by atoms with Gasteiger partial charge in [0.15, 0.2) is 0 Å². The Kier molecular flexibility index (Phi) is 3.95. The molecule has 1 aromatic carbocycles. The van der Waals surface area contributed by atoms with Gasteiger partial charge in [-0.1, -0.05) is 15.9 Å². The Bertz CT molecular complexity index is 661. The molecule has 1 unspecified atom stereocenters. The molecule has 5 nitrogen and oxygen atoms in total. The molecular formula is C15H16BrN5. The molecule has 108 valence electrons. The van der Waals surface area contributed by atoms with Crippen LogP contribution < -0.4 is 4.90 Å². The summed E-state index contributed by atoms with van der Waals surface area (Å²) in [6.45, 7) is 2.65. The number of likely N-dealkylation sites (N-methyl/N-ethyl adjacent to an activating group) is 1. The van der Waals surface area contributed by atoms with E-state index in [1.807, 2.05) is 24.4 Å². The number of hydrogen-bond acceptors (Lipinski definition) is 4. The lowest BCUT2D eigenvalue weighted by atomic mass is 10.1. The Hall–Kier alpha value is -1.84. The zero-order valence-electron chi connectivity index (χ0n) is 11.8. The highest BCUT2D eigenvalue weighted by Gasteiger charge is 2.28. The molecule has 1 aromatic heterocycles. The summed E-state index contributed by atoms with van der Waals surface area (Å²) < 4.78 is 0.991. The van der Waals surface area contributed by atoms with Crippen molar-refractivity contribution >= 4 is 21.6 Å². The van der Waals surface area contributed by atoms with Crippen LogP contribution in [0.1, 0.15) is 17.4 Å². The monoisotopic (exact) mass is 345 g/mol. The Morgan fingerprint density at radius 1 is 1.43 bits per heavy atom. The van der Waals surface area contributed by atoms with Crippen LogP contribution in [0, 0.1) is 11.3 Å². The number of rotatable bonds is 2. The van der Waals surface area contributed by atoms with Gasteiger partial charge in [-0.2, -0.15) is 5.26 Å². The zero-order valence-corrected chi connectivity index (χ0v) is 13.3. The minimum absolute atomic E-state index is 0.208. The van der Waals surface area contributed by atoms with Crippen LogP contribution in [-0.2, 0) is 0 Å². The SMILES string of the molecule is CN1CCN(c2cc(Br)ccc2C#N)CC1c1ncc[nH]1. The molecule has 0 amide bonds. The number of nitrogens with zero attached hydrogens (tertiary/aromatic N) is 4. The van der Waals surface area contributed by atoms with Gasteiger partial charge in [0.05, 0.1) is 17.3 Å². The van der Waals surface area contributed by atoms with Crippen molar-refractivity contribution < 1.29 is 0 Å². The fourth-order valence-electron chi connectivity index (χ4n) is 2.71. The van der Waals surface area contributed by atoms with E-state index in [2.05, 4.69) is 48.8 Å². The van der Waals surface area contributed by atoms with Crippen molar-refractivity contribution in [3.05, 3.63) is 46.5 Å². The largest absolute Gasteiger partial charge is 0.367 e. The third-order valence-corrected chi connectivity index (χ3v) is 4.40. The first-order valence-electron chi connectivity index (χ1n) is 6.83. The average Bonchev–Trinajstić information content (AvgIpc) is 3.02. The minimum atomic E-state index is 0.208. The standard InChI is InChI=1S/C15H16BrN5/c1-20-6-7-21(10-14(20)15-18-4-5-19-15)13-8-12(16)3-2-11(13)9-17/h2-5,8,14H,6-7,10H2,1H3,(H,18,19). The summed E-state index contributed by atoms with van der Waals surface area (Å²) in [5, 5.41) is 9.32. The maximum Gasteiger partial charge on any atom is 0.125 e. The van der Waals surface area contributed by atoms with Crippen molar-refractivity contribution in [1.82, 2.24) is 14.9 Å². The molecule has 1 fully saturated rings. The Balaban J connectivity index is 1.90. The summed E-state index contributed by atoms with van der Waals surface area (Å²) in [7, 11) is 2.11. The van der Waals surface area contributed by atoms with Crippen LogP contribution in [0.25, 0.3) is 0 Å². The Labute approximate surface area is 132 Å². The molecule has 0 radical (unpaired) electrons. The third-order valence-electron chi connectivity index (χ3n) is 3.90. The van der Waals surface area contributed by atoms with E-state index in [1.165, 1.54) is 0 Å². The zero-order chi connectivity index (χ0) is 14.8. The van der Waals surface area contributed by atoms with Crippen LogP contribution in [0.5, 0.6) is 0 Å². The van der Waals surface area contributed by atoms with Crippen molar-refractivity contribution in [2.45, 2.75) is 6.04 Å². The highest BCUT2D eigenvalue weighted by molar-refractivity contribution is 9.10. The average molecular weight is 346 g/mol. The minimum Gasteiger partial charge on any atom is -0.367 e. The predicted molar refractivity (Wildman–Crippen MR) is 85.0 cm³/mol. The molecule has 0 aliphatic carbocycles. The second-order valence-electron chi connectivity index (χ2n) is 5.19. The molecule has 0 bridgehead atoms. The Morgan fingerprint density at radius 2 is 2.29 bits per heavy atom. The highest BCUT2D eigenvalue weighted by Crippen LogP contribution is 2.30. The molecule has 1 aliphatic rings. The smallest absolute Gasteiger partial charge is 0.125 e. The fraction of sp³-hybridized carbons (Fsp3) is 0.333. The van der Waals surface area contributed by atoms with Gasteiger partial charge in [0.25, 0.3) is 0 Å². The van der Waals surface area contributed by atoms with Crippen molar-refractivity contribution in [1.29, 1.82) is 5.26 Å². The van der Waals surface area contributed by atoms with E-state index in [0.29, 0.717) is 5.56 Å². The molecule has 1 saturated heterocycles. The van der Waals surface area contributed by atoms with Crippen molar-refractivity contribution in [2.24, 2.45) is 0 Å². The number of hydrogen-bond donors (Lipinski definition) is 1. The molecule has 2 heterocycles. The number of halogens is 1. The first-order chi connectivity index (χ1) is 10.2. The van der Waals surface area contributed by atoms with Crippen LogP contribution in [-0.4, -0.2) is 41.5 Å². The molecule has 0 saturated carbocycles.